The first-order valence-electron chi connectivity index (χ1n) is 20.6. The van der Waals surface area contributed by atoms with Crippen LogP contribution >= 0.6 is 0 Å². The van der Waals surface area contributed by atoms with Crippen molar-refractivity contribution in [2.45, 2.75) is 0 Å². The monoisotopic (exact) mass is 764 g/mol. The van der Waals surface area contributed by atoms with Gasteiger partial charge in [0.25, 0.3) is 0 Å². The van der Waals surface area contributed by atoms with Crippen LogP contribution in [0.4, 0.5) is 17.1 Å². The Balaban J connectivity index is 1.18. The smallest absolute Gasteiger partial charge is 0.0619 e. The predicted octanol–water partition coefficient (Wildman–Crippen LogP) is 16.1. The molecule has 0 bridgehead atoms. The van der Waals surface area contributed by atoms with Crippen molar-refractivity contribution in [3.63, 3.8) is 0 Å². The molecule has 0 N–H and O–H groups in total. The van der Waals surface area contributed by atoms with Gasteiger partial charge in [0.1, 0.15) is 0 Å². The van der Waals surface area contributed by atoms with Gasteiger partial charge in [0.2, 0.25) is 0 Å². The summed E-state index contributed by atoms with van der Waals surface area (Å²) in [6.45, 7) is 0. The van der Waals surface area contributed by atoms with Crippen LogP contribution in [-0.4, -0.2) is 4.57 Å². The van der Waals surface area contributed by atoms with Gasteiger partial charge in [0.15, 0.2) is 0 Å². The number of hydrogen-bond donors (Lipinski definition) is 0. The molecule has 0 saturated carbocycles. The Labute approximate surface area is 350 Å². The summed E-state index contributed by atoms with van der Waals surface area (Å²) in [4.78, 5) is 2.45. The fourth-order valence-corrected chi connectivity index (χ4v) is 9.02. The van der Waals surface area contributed by atoms with Gasteiger partial charge in [-0.2, -0.15) is 0 Å². The van der Waals surface area contributed by atoms with E-state index in [1.54, 1.807) is 0 Å². The number of hydrogen-bond acceptors (Lipinski definition) is 1. The molecule has 0 unspecified atom stereocenters. The van der Waals surface area contributed by atoms with Gasteiger partial charge < -0.3 is 9.47 Å². The SMILES string of the molecule is c1ccc(-c2cc(-c3ccccc3)cc(N(c3cccc(-c4cccc5c4c4ccc6ccccc6c4n5-c4ccccc4)c3)c3ccccc3-c3ccccc3)c2)cc1. The van der Waals surface area contributed by atoms with Gasteiger partial charge in [-0.05, 0) is 98.9 Å². The van der Waals surface area contributed by atoms with Gasteiger partial charge >= 0.3 is 0 Å². The van der Waals surface area contributed by atoms with Crippen molar-refractivity contribution in [1.82, 2.24) is 4.57 Å². The Hall–Kier alpha value is -7.94. The molecule has 10 aromatic carbocycles. The van der Waals surface area contributed by atoms with E-state index in [4.69, 9.17) is 0 Å². The van der Waals surface area contributed by atoms with Crippen LogP contribution < -0.4 is 4.90 Å². The molecule has 0 amide bonds. The molecule has 0 fully saturated rings. The minimum absolute atomic E-state index is 1.08. The lowest BCUT2D eigenvalue weighted by molar-refractivity contribution is 1.19. The van der Waals surface area contributed by atoms with E-state index in [0.29, 0.717) is 0 Å². The molecule has 60 heavy (non-hydrogen) atoms. The highest BCUT2D eigenvalue weighted by atomic mass is 15.1. The normalized spacial score (nSPS) is 11.3. The van der Waals surface area contributed by atoms with Crippen LogP contribution in [0, 0.1) is 0 Å². The molecule has 0 saturated heterocycles. The summed E-state index contributed by atoms with van der Waals surface area (Å²) in [6.07, 6.45) is 0. The summed E-state index contributed by atoms with van der Waals surface area (Å²) < 4.78 is 2.45. The third-order valence-corrected chi connectivity index (χ3v) is 11.7. The summed E-state index contributed by atoms with van der Waals surface area (Å²) >= 11 is 0. The van der Waals surface area contributed by atoms with Crippen molar-refractivity contribution in [1.29, 1.82) is 0 Å². The number of anilines is 3. The standard InChI is InChI=1S/C58H40N2/c1-5-19-41(20-6-1)46-37-47(42-21-7-2-8-22-42)40-50(39-46)59(55-33-16-15-30-51(55)43-23-9-3-10-24-43)49-29-17-26-45(38-49)52-32-18-34-56-57(52)54-36-35-44-25-13-14-31-53(44)58(54)60(56)48-27-11-4-12-28-48/h1-40H. The maximum atomic E-state index is 2.45. The van der Waals surface area contributed by atoms with Crippen molar-refractivity contribution in [2.75, 3.05) is 4.90 Å². The van der Waals surface area contributed by atoms with Crippen LogP contribution in [-0.2, 0) is 0 Å². The second-order valence-electron chi connectivity index (χ2n) is 15.3. The van der Waals surface area contributed by atoms with E-state index in [9.17, 15) is 0 Å². The molecule has 1 heterocycles. The average Bonchev–Trinajstić information content (AvgIpc) is 3.68. The summed E-state index contributed by atoms with van der Waals surface area (Å²) in [5.41, 5.74) is 16.2. The molecule has 1 aromatic heterocycles. The fraction of sp³-hybridized carbons (Fsp3) is 0. The molecular formula is C58H40N2. The van der Waals surface area contributed by atoms with E-state index in [-0.39, 0.29) is 0 Å². The lowest BCUT2D eigenvalue weighted by Crippen LogP contribution is -2.12. The maximum Gasteiger partial charge on any atom is 0.0619 e. The van der Waals surface area contributed by atoms with Gasteiger partial charge in [0, 0.05) is 38.8 Å². The highest BCUT2D eigenvalue weighted by Gasteiger charge is 2.22. The van der Waals surface area contributed by atoms with E-state index >= 15 is 0 Å². The van der Waals surface area contributed by atoms with E-state index < -0.39 is 0 Å². The minimum atomic E-state index is 1.08. The summed E-state index contributed by atoms with van der Waals surface area (Å²) in [5, 5.41) is 4.95. The first-order chi connectivity index (χ1) is 29.8. The molecule has 11 rings (SSSR count). The van der Waals surface area contributed by atoms with E-state index in [0.717, 1.165) is 45.0 Å². The largest absolute Gasteiger partial charge is 0.310 e. The summed E-state index contributed by atoms with van der Waals surface area (Å²) in [6, 6.07) is 88.0. The van der Waals surface area contributed by atoms with Crippen LogP contribution in [0.25, 0.3) is 82.8 Å². The molecule has 0 aliphatic heterocycles. The Morgan fingerprint density at radius 1 is 0.317 bits per heavy atom. The molecular weight excluding hydrogens is 725 g/mol. The number of benzene rings is 10. The first kappa shape index (κ1) is 35.2. The van der Waals surface area contributed by atoms with Crippen LogP contribution in [0.2, 0.25) is 0 Å². The van der Waals surface area contributed by atoms with Crippen molar-refractivity contribution < 1.29 is 0 Å². The van der Waals surface area contributed by atoms with Crippen LogP contribution in [0.3, 0.4) is 0 Å². The van der Waals surface area contributed by atoms with Gasteiger partial charge in [-0.15, -0.1) is 0 Å². The maximum absolute atomic E-state index is 2.45. The van der Waals surface area contributed by atoms with Crippen molar-refractivity contribution >= 4 is 49.6 Å². The van der Waals surface area contributed by atoms with Crippen molar-refractivity contribution in [3.05, 3.63) is 243 Å². The van der Waals surface area contributed by atoms with Gasteiger partial charge in [-0.1, -0.05) is 188 Å². The molecule has 2 nitrogen and oxygen atoms in total. The zero-order valence-corrected chi connectivity index (χ0v) is 33.0. The highest BCUT2D eigenvalue weighted by molar-refractivity contribution is 6.22. The molecule has 0 spiro atoms. The Bertz CT molecular complexity index is 3240. The van der Waals surface area contributed by atoms with Crippen LogP contribution in [0.5, 0.6) is 0 Å². The molecule has 0 radical (unpaired) electrons. The van der Waals surface area contributed by atoms with E-state index in [1.165, 1.54) is 54.8 Å². The van der Waals surface area contributed by atoms with Crippen molar-refractivity contribution in [3.8, 4) is 50.2 Å². The molecule has 282 valence electrons. The molecule has 2 heteroatoms. The van der Waals surface area contributed by atoms with Crippen molar-refractivity contribution in [2.24, 2.45) is 0 Å². The Morgan fingerprint density at radius 2 is 0.867 bits per heavy atom. The first-order valence-corrected chi connectivity index (χ1v) is 20.6. The van der Waals surface area contributed by atoms with E-state index in [1.807, 2.05) is 0 Å². The molecule has 0 atom stereocenters. The van der Waals surface area contributed by atoms with Gasteiger partial charge in [0.05, 0.1) is 16.7 Å². The summed E-state index contributed by atoms with van der Waals surface area (Å²) in [5.74, 6) is 0. The number of aromatic nitrogens is 1. The number of para-hydroxylation sites is 2. The van der Waals surface area contributed by atoms with Crippen LogP contribution in [0.15, 0.2) is 243 Å². The Kier molecular flexibility index (Phi) is 8.87. The lowest BCUT2D eigenvalue weighted by Gasteiger charge is -2.29. The minimum Gasteiger partial charge on any atom is -0.310 e. The molecule has 11 aromatic rings. The zero-order chi connectivity index (χ0) is 39.8. The molecule has 0 aliphatic carbocycles. The summed E-state index contributed by atoms with van der Waals surface area (Å²) in [7, 11) is 0. The van der Waals surface area contributed by atoms with Gasteiger partial charge in [-0.3, -0.25) is 0 Å². The number of nitrogens with zero attached hydrogens (tertiary/aromatic N) is 2. The molecule has 0 aliphatic rings. The zero-order valence-electron chi connectivity index (χ0n) is 33.0. The average molecular weight is 765 g/mol. The van der Waals surface area contributed by atoms with Crippen LogP contribution in [0.1, 0.15) is 0 Å². The Morgan fingerprint density at radius 3 is 1.58 bits per heavy atom. The third kappa shape index (κ3) is 6.23. The highest BCUT2D eigenvalue weighted by Crippen LogP contribution is 2.46. The predicted molar refractivity (Wildman–Crippen MR) is 255 cm³/mol. The number of rotatable bonds is 8. The second-order valence-corrected chi connectivity index (χ2v) is 15.3. The topological polar surface area (TPSA) is 8.17 Å². The van der Waals surface area contributed by atoms with E-state index in [2.05, 4.69) is 252 Å². The van der Waals surface area contributed by atoms with Gasteiger partial charge in [-0.25, -0.2) is 0 Å². The third-order valence-electron chi connectivity index (χ3n) is 11.7. The lowest BCUT2D eigenvalue weighted by atomic mass is 9.95. The fourth-order valence-electron chi connectivity index (χ4n) is 9.02. The quantitative estimate of drug-likeness (QED) is 0.150. The number of fused-ring (bicyclic) bond motifs is 5. The second kappa shape index (κ2) is 15.1.